The van der Waals surface area contributed by atoms with Gasteiger partial charge in [-0.3, -0.25) is 4.57 Å². The van der Waals surface area contributed by atoms with Gasteiger partial charge in [0, 0.05) is 5.69 Å². The summed E-state index contributed by atoms with van der Waals surface area (Å²) >= 11 is 0. The fourth-order valence-corrected chi connectivity index (χ4v) is 2.08. The third-order valence-electron chi connectivity index (χ3n) is 3.01. The van der Waals surface area contributed by atoms with Gasteiger partial charge in [0.25, 0.3) is 0 Å². The fourth-order valence-electron chi connectivity index (χ4n) is 2.08. The maximum atomic E-state index is 9.10. The highest BCUT2D eigenvalue weighted by molar-refractivity contribution is 6.27. The summed E-state index contributed by atoms with van der Waals surface area (Å²) < 4.78 is 2.11. The van der Waals surface area contributed by atoms with Gasteiger partial charge in [-0.2, -0.15) is 0 Å². The largest absolute Gasteiger partial charge is 0.473 e. The summed E-state index contributed by atoms with van der Waals surface area (Å²) in [6, 6.07) is 18.2. The van der Waals surface area contributed by atoms with Crippen LogP contribution in [0.4, 0.5) is 0 Å². The Morgan fingerprint density at radius 3 is 2.09 bits per heavy atom. The molecular formula is C16H15N3O4. The number of carboxylic acids is 2. The molecule has 118 valence electrons. The summed E-state index contributed by atoms with van der Waals surface area (Å²) in [5.41, 5.74) is 8.95. The zero-order valence-electron chi connectivity index (χ0n) is 12.1. The Bertz CT molecular complexity index is 816. The Labute approximate surface area is 131 Å². The minimum Gasteiger partial charge on any atom is -0.473 e. The minimum atomic E-state index is -1.82. The van der Waals surface area contributed by atoms with Crippen LogP contribution in [0.15, 0.2) is 54.6 Å². The molecule has 0 radical (unpaired) electrons. The smallest absolute Gasteiger partial charge is 0.414 e. The third kappa shape index (κ3) is 3.72. The number of rotatable bonds is 2. The fraction of sp³-hybridized carbons (Fsp3) is 0.0625. The number of nitrogens with two attached hydrogens (primary N) is 1. The normalized spacial score (nSPS) is 9.96. The van der Waals surface area contributed by atoms with Crippen molar-refractivity contribution in [1.82, 2.24) is 9.55 Å². The first kappa shape index (κ1) is 16.2. The van der Waals surface area contributed by atoms with Crippen LogP contribution < -0.4 is 5.73 Å². The topological polar surface area (TPSA) is 118 Å². The van der Waals surface area contributed by atoms with E-state index in [1.807, 2.05) is 36.4 Å². The zero-order valence-corrected chi connectivity index (χ0v) is 12.1. The molecular weight excluding hydrogens is 298 g/mol. The van der Waals surface area contributed by atoms with E-state index in [4.69, 9.17) is 25.5 Å². The molecule has 0 aliphatic carbocycles. The highest BCUT2D eigenvalue weighted by atomic mass is 16.4. The Morgan fingerprint density at radius 1 is 0.957 bits per heavy atom. The van der Waals surface area contributed by atoms with Crippen LogP contribution in [0, 0.1) is 0 Å². The molecule has 0 spiro atoms. The molecule has 0 fully saturated rings. The van der Waals surface area contributed by atoms with Gasteiger partial charge in [-0.25, -0.2) is 14.6 Å². The first-order chi connectivity index (χ1) is 11.0. The van der Waals surface area contributed by atoms with Gasteiger partial charge in [-0.05, 0) is 24.3 Å². The van der Waals surface area contributed by atoms with Crippen molar-refractivity contribution in [2.75, 3.05) is 0 Å². The molecule has 0 amide bonds. The molecule has 3 aromatic rings. The zero-order chi connectivity index (χ0) is 16.8. The summed E-state index contributed by atoms with van der Waals surface area (Å²) in [5, 5.41) is 14.8. The first-order valence-corrected chi connectivity index (χ1v) is 6.72. The van der Waals surface area contributed by atoms with Crippen LogP contribution in [0.3, 0.4) is 0 Å². The minimum absolute atomic E-state index is 0.434. The summed E-state index contributed by atoms with van der Waals surface area (Å²) in [4.78, 5) is 22.7. The van der Waals surface area contributed by atoms with E-state index < -0.39 is 11.9 Å². The van der Waals surface area contributed by atoms with Crippen molar-refractivity contribution in [1.29, 1.82) is 0 Å². The van der Waals surface area contributed by atoms with Crippen molar-refractivity contribution in [2.24, 2.45) is 5.73 Å². The van der Waals surface area contributed by atoms with Crippen LogP contribution in [0.1, 0.15) is 5.82 Å². The Kier molecular flexibility index (Phi) is 5.06. The van der Waals surface area contributed by atoms with Crippen molar-refractivity contribution >= 4 is 23.0 Å². The number of imidazole rings is 1. The Morgan fingerprint density at radius 2 is 1.52 bits per heavy atom. The second kappa shape index (κ2) is 7.19. The molecule has 0 saturated carbocycles. The quantitative estimate of drug-likeness (QED) is 0.619. The lowest BCUT2D eigenvalue weighted by molar-refractivity contribution is -0.159. The predicted molar refractivity (Wildman–Crippen MR) is 84.2 cm³/mol. The van der Waals surface area contributed by atoms with E-state index in [2.05, 4.69) is 27.8 Å². The lowest BCUT2D eigenvalue weighted by atomic mass is 10.3. The summed E-state index contributed by atoms with van der Waals surface area (Å²) in [6.07, 6.45) is 0. The van der Waals surface area contributed by atoms with E-state index >= 15 is 0 Å². The van der Waals surface area contributed by atoms with Gasteiger partial charge >= 0.3 is 11.9 Å². The monoisotopic (exact) mass is 313 g/mol. The predicted octanol–water partition coefficient (Wildman–Crippen LogP) is 1.64. The number of para-hydroxylation sites is 3. The second-order valence-corrected chi connectivity index (χ2v) is 4.50. The van der Waals surface area contributed by atoms with Crippen molar-refractivity contribution in [3.8, 4) is 5.69 Å². The maximum Gasteiger partial charge on any atom is 0.414 e. The molecule has 1 heterocycles. The standard InChI is InChI=1S/C14H13N3.C2H2O4/c15-10-14-16-12-8-4-5-9-13(12)17(14)11-6-2-1-3-7-11;3-1(4)2(5)6/h1-9H,10,15H2;(H,3,4)(H,5,6). The SMILES string of the molecule is NCc1nc2ccccc2n1-c1ccccc1.O=C(O)C(=O)O. The van der Waals surface area contributed by atoms with Crippen LogP contribution in [0.5, 0.6) is 0 Å². The molecule has 0 bridgehead atoms. The number of aromatic nitrogens is 2. The van der Waals surface area contributed by atoms with Gasteiger partial charge in [0.05, 0.1) is 17.6 Å². The summed E-state index contributed by atoms with van der Waals surface area (Å²) in [7, 11) is 0. The first-order valence-electron chi connectivity index (χ1n) is 6.72. The van der Waals surface area contributed by atoms with E-state index in [-0.39, 0.29) is 0 Å². The molecule has 7 heteroatoms. The number of carbonyl (C=O) groups is 2. The highest BCUT2D eigenvalue weighted by Crippen LogP contribution is 2.20. The van der Waals surface area contributed by atoms with Crippen LogP contribution in [-0.4, -0.2) is 31.7 Å². The molecule has 4 N–H and O–H groups in total. The van der Waals surface area contributed by atoms with Gasteiger partial charge in [0.1, 0.15) is 5.82 Å². The molecule has 0 saturated heterocycles. The van der Waals surface area contributed by atoms with Crippen molar-refractivity contribution in [3.63, 3.8) is 0 Å². The molecule has 1 aromatic heterocycles. The van der Waals surface area contributed by atoms with Crippen LogP contribution in [0.25, 0.3) is 16.7 Å². The molecule has 0 atom stereocenters. The number of nitrogens with zero attached hydrogens (tertiary/aromatic N) is 2. The van der Waals surface area contributed by atoms with Crippen LogP contribution in [-0.2, 0) is 16.1 Å². The van der Waals surface area contributed by atoms with E-state index in [0.29, 0.717) is 6.54 Å². The van der Waals surface area contributed by atoms with E-state index in [9.17, 15) is 0 Å². The lowest BCUT2D eigenvalue weighted by Gasteiger charge is -2.07. The van der Waals surface area contributed by atoms with E-state index in [0.717, 1.165) is 22.5 Å². The summed E-state index contributed by atoms with van der Waals surface area (Å²) in [6.45, 7) is 0.434. The number of hydrogen-bond acceptors (Lipinski definition) is 4. The number of aliphatic carboxylic acids is 2. The summed E-state index contributed by atoms with van der Waals surface area (Å²) in [5.74, 6) is -2.76. The molecule has 23 heavy (non-hydrogen) atoms. The molecule has 0 aliphatic heterocycles. The van der Waals surface area contributed by atoms with Gasteiger partial charge in [0.2, 0.25) is 0 Å². The second-order valence-electron chi connectivity index (χ2n) is 4.50. The number of fused-ring (bicyclic) bond motifs is 1. The van der Waals surface area contributed by atoms with E-state index in [1.54, 1.807) is 0 Å². The van der Waals surface area contributed by atoms with E-state index in [1.165, 1.54) is 0 Å². The maximum absolute atomic E-state index is 9.10. The van der Waals surface area contributed by atoms with Gasteiger partial charge in [-0.1, -0.05) is 30.3 Å². The molecule has 0 aliphatic rings. The van der Waals surface area contributed by atoms with Gasteiger partial charge in [0.15, 0.2) is 0 Å². The van der Waals surface area contributed by atoms with Crippen LogP contribution in [0.2, 0.25) is 0 Å². The van der Waals surface area contributed by atoms with Crippen LogP contribution >= 0.6 is 0 Å². The van der Waals surface area contributed by atoms with Crippen molar-refractivity contribution in [2.45, 2.75) is 6.54 Å². The van der Waals surface area contributed by atoms with Crippen molar-refractivity contribution < 1.29 is 19.8 Å². The number of benzene rings is 2. The van der Waals surface area contributed by atoms with Gasteiger partial charge in [-0.15, -0.1) is 0 Å². The Balaban J connectivity index is 0.000000277. The van der Waals surface area contributed by atoms with Crippen molar-refractivity contribution in [3.05, 3.63) is 60.4 Å². The third-order valence-corrected chi connectivity index (χ3v) is 3.01. The molecule has 3 rings (SSSR count). The number of hydrogen-bond donors (Lipinski definition) is 3. The molecule has 2 aromatic carbocycles. The number of carboxylic acid groups (broad SMARTS) is 2. The highest BCUT2D eigenvalue weighted by Gasteiger charge is 2.09. The Hall–Kier alpha value is -3.19. The molecule has 0 unspecified atom stereocenters. The lowest BCUT2D eigenvalue weighted by Crippen LogP contribution is -2.09. The van der Waals surface area contributed by atoms with Gasteiger partial charge < -0.3 is 15.9 Å². The average molecular weight is 313 g/mol. The average Bonchev–Trinajstić information content (AvgIpc) is 2.94. The molecule has 7 nitrogen and oxygen atoms in total.